The lowest BCUT2D eigenvalue weighted by Crippen LogP contribution is -2.59. The molecule has 0 aliphatic carbocycles. The number of hydrogen-bond donors (Lipinski definition) is 1. The highest BCUT2D eigenvalue weighted by molar-refractivity contribution is 7.15. The Morgan fingerprint density at radius 3 is 2.81 bits per heavy atom. The van der Waals surface area contributed by atoms with E-state index in [2.05, 4.69) is 42.1 Å². The first-order chi connectivity index (χ1) is 15.3. The second-order valence-corrected chi connectivity index (χ2v) is 10.3. The summed E-state index contributed by atoms with van der Waals surface area (Å²) in [4.78, 5) is 24.1. The summed E-state index contributed by atoms with van der Waals surface area (Å²) in [6.07, 6.45) is 2.38. The van der Waals surface area contributed by atoms with Gasteiger partial charge in [0.1, 0.15) is 17.6 Å². The van der Waals surface area contributed by atoms with E-state index in [1.54, 1.807) is 31.5 Å². The number of likely N-dealkylation sites (tertiary alicyclic amines) is 1. The summed E-state index contributed by atoms with van der Waals surface area (Å²) >= 11 is 1.66. The van der Waals surface area contributed by atoms with Crippen molar-refractivity contribution in [2.24, 2.45) is 0 Å². The van der Waals surface area contributed by atoms with E-state index >= 15 is 0 Å². The predicted molar refractivity (Wildman–Crippen MR) is 122 cm³/mol. The number of nitrogens with zero attached hydrogens (tertiary/aromatic N) is 5. The molecule has 0 bridgehead atoms. The Morgan fingerprint density at radius 2 is 2.09 bits per heavy atom. The van der Waals surface area contributed by atoms with E-state index in [4.69, 9.17) is 9.72 Å². The number of benzene rings is 1. The summed E-state index contributed by atoms with van der Waals surface area (Å²) in [5, 5.41) is 14.7. The number of fused-ring (bicyclic) bond motifs is 3. The zero-order chi connectivity index (χ0) is 22.6. The number of carboxylic acid groups (broad SMARTS) is 1. The van der Waals surface area contributed by atoms with Gasteiger partial charge in [-0.1, -0.05) is 6.07 Å². The lowest BCUT2D eigenvalue weighted by Gasteiger charge is -2.47. The molecule has 1 fully saturated rings. The summed E-state index contributed by atoms with van der Waals surface area (Å²) in [6, 6.07) is 6.54. The lowest BCUT2D eigenvalue weighted by molar-refractivity contribution is -0.152. The van der Waals surface area contributed by atoms with E-state index in [9.17, 15) is 9.90 Å². The molecular formula is C23H27N5O3S. The molecule has 2 aliphatic rings. The van der Waals surface area contributed by atoms with Crippen LogP contribution in [0.4, 0.5) is 0 Å². The molecule has 1 saturated heterocycles. The van der Waals surface area contributed by atoms with E-state index in [0.29, 0.717) is 12.5 Å². The van der Waals surface area contributed by atoms with Crippen LogP contribution in [0.25, 0.3) is 22.1 Å². The van der Waals surface area contributed by atoms with Crippen molar-refractivity contribution in [2.75, 3.05) is 19.7 Å². The zero-order valence-corrected chi connectivity index (χ0v) is 19.5. The molecule has 2 aliphatic heterocycles. The van der Waals surface area contributed by atoms with E-state index in [0.717, 1.165) is 47.3 Å². The minimum atomic E-state index is -0.846. The van der Waals surface area contributed by atoms with Gasteiger partial charge in [-0.25, -0.2) is 14.6 Å². The molecule has 0 spiro atoms. The van der Waals surface area contributed by atoms with E-state index in [-0.39, 0.29) is 6.04 Å². The second kappa shape index (κ2) is 7.67. The fraction of sp³-hybridized carbons (Fsp3) is 0.478. The molecule has 8 nitrogen and oxygen atoms in total. The van der Waals surface area contributed by atoms with Gasteiger partial charge < -0.3 is 9.84 Å². The van der Waals surface area contributed by atoms with Gasteiger partial charge in [0.2, 0.25) is 0 Å². The van der Waals surface area contributed by atoms with Crippen molar-refractivity contribution in [2.45, 2.75) is 51.6 Å². The van der Waals surface area contributed by atoms with Crippen molar-refractivity contribution < 1.29 is 14.6 Å². The number of rotatable bonds is 5. The Labute approximate surface area is 190 Å². The van der Waals surface area contributed by atoms with Gasteiger partial charge >= 0.3 is 5.97 Å². The van der Waals surface area contributed by atoms with Gasteiger partial charge in [0.05, 0.1) is 12.3 Å². The van der Waals surface area contributed by atoms with Crippen LogP contribution in [0.3, 0.4) is 0 Å². The summed E-state index contributed by atoms with van der Waals surface area (Å²) in [6.45, 7) is 9.75. The Bertz CT molecular complexity index is 1180. The highest BCUT2D eigenvalue weighted by Gasteiger charge is 2.42. The average molecular weight is 454 g/mol. The van der Waals surface area contributed by atoms with Gasteiger partial charge in [-0.15, -0.1) is 11.3 Å². The van der Waals surface area contributed by atoms with Crippen LogP contribution in [0.5, 0.6) is 5.75 Å². The molecule has 5 rings (SSSR count). The quantitative estimate of drug-likeness (QED) is 0.627. The van der Waals surface area contributed by atoms with Crippen molar-refractivity contribution in [3.63, 3.8) is 0 Å². The molecule has 0 unspecified atom stereocenters. The minimum Gasteiger partial charge on any atom is -0.492 e. The maximum atomic E-state index is 11.5. The van der Waals surface area contributed by atoms with Gasteiger partial charge in [-0.2, -0.15) is 5.10 Å². The second-order valence-electron chi connectivity index (χ2n) is 9.23. The van der Waals surface area contributed by atoms with Crippen LogP contribution in [0.15, 0.2) is 24.5 Å². The smallest absolute Gasteiger partial charge is 0.323 e. The van der Waals surface area contributed by atoms with Crippen LogP contribution in [-0.2, 0) is 11.2 Å². The minimum absolute atomic E-state index is 0.211. The number of thiazole rings is 1. The van der Waals surface area contributed by atoms with Crippen molar-refractivity contribution in [1.82, 2.24) is 24.6 Å². The van der Waals surface area contributed by atoms with Crippen molar-refractivity contribution in [1.29, 1.82) is 0 Å². The first-order valence-electron chi connectivity index (χ1n) is 10.9. The Kier molecular flexibility index (Phi) is 5.05. The first-order valence-corrected chi connectivity index (χ1v) is 11.7. The summed E-state index contributed by atoms with van der Waals surface area (Å²) in [7, 11) is 0. The summed E-state index contributed by atoms with van der Waals surface area (Å²) < 4.78 is 8.00. The molecule has 0 radical (unpaired) electrons. The maximum absolute atomic E-state index is 11.5. The van der Waals surface area contributed by atoms with Crippen LogP contribution in [0.1, 0.15) is 50.1 Å². The standard InChI is InChI=1S/C23H27N5O3S/c1-13(2)28-20(24-12-25-28)21-26-19-16-6-5-14(9-17(16)31-8-7-18(19)32-21)15-10-27(11-15)23(3,4)22(29)30/h5-6,9,12-13,15H,7-8,10-11H2,1-4H3,(H,29,30). The number of hydrogen-bond acceptors (Lipinski definition) is 7. The molecule has 9 heteroatoms. The highest BCUT2D eigenvalue weighted by Crippen LogP contribution is 2.42. The third kappa shape index (κ3) is 3.40. The van der Waals surface area contributed by atoms with E-state index in [1.165, 1.54) is 10.4 Å². The SMILES string of the molecule is CC(C)n1ncnc1-c1nc2c(s1)CCOc1cc(C3CN(C(C)(C)C(=O)O)C3)ccc1-2. The Morgan fingerprint density at radius 1 is 1.31 bits per heavy atom. The third-order valence-electron chi connectivity index (χ3n) is 6.47. The number of carbonyl (C=O) groups is 1. The predicted octanol–water partition coefficient (Wildman–Crippen LogP) is 3.85. The monoisotopic (exact) mass is 453 g/mol. The van der Waals surface area contributed by atoms with E-state index in [1.807, 2.05) is 9.58 Å². The summed E-state index contributed by atoms with van der Waals surface area (Å²) in [5.41, 5.74) is 2.30. The normalized spacial score (nSPS) is 16.8. The van der Waals surface area contributed by atoms with Crippen molar-refractivity contribution in [3.8, 4) is 27.8 Å². The van der Waals surface area contributed by atoms with Crippen LogP contribution in [0.2, 0.25) is 0 Å². The zero-order valence-electron chi connectivity index (χ0n) is 18.7. The van der Waals surface area contributed by atoms with Gasteiger partial charge in [0.25, 0.3) is 0 Å². The molecule has 2 aromatic heterocycles. The van der Waals surface area contributed by atoms with Crippen LogP contribution < -0.4 is 4.74 Å². The van der Waals surface area contributed by atoms with Crippen molar-refractivity contribution >= 4 is 17.3 Å². The molecule has 0 atom stereocenters. The van der Waals surface area contributed by atoms with Gasteiger partial charge in [0, 0.05) is 41.9 Å². The summed E-state index contributed by atoms with van der Waals surface area (Å²) in [5.74, 6) is 1.16. The highest BCUT2D eigenvalue weighted by atomic mass is 32.1. The van der Waals surface area contributed by atoms with Crippen molar-refractivity contribution in [3.05, 3.63) is 35.0 Å². The largest absolute Gasteiger partial charge is 0.492 e. The first kappa shape index (κ1) is 21.1. The maximum Gasteiger partial charge on any atom is 0.323 e. The molecular weight excluding hydrogens is 426 g/mol. The Balaban J connectivity index is 1.43. The molecule has 3 aromatic rings. The average Bonchev–Trinajstić information content (AvgIpc) is 3.31. The number of aromatic nitrogens is 4. The Hall–Kier alpha value is -2.78. The van der Waals surface area contributed by atoms with Gasteiger partial charge in [-0.05, 0) is 45.4 Å². The molecule has 1 N–H and O–H groups in total. The topological polar surface area (TPSA) is 93.4 Å². The molecule has 0 amide bonds. The third-order valence-corrected chi connectivity index (χ3v) is 7.58. The molecule has 0 saturated carbocycles. The van der Waals surface area contributed by atoms with Crippen LogP contribution in [-0.4, -0.2) is 61.0 Å². The number of ether oxygens (including phenoxy) is 1. The molecule has 4 heterocycles. The number of carboxylic acids is 1. The molecule has 1 aromatic carbocycles. The fourth-order valence-electron chi connectivity index (χ4n) is 4.25. The molecule has 168 valence electrons. The van der Waals surface area contributed by atoms with Crippen LogP contribution >= 0.6 is 11.3 Å². The number of aliphatic carboxylic acids is 1. The van der Waals surface area contributed by atoms with Gasteiger partial charge in [0.15, 0.2) is 10.8 Å². The molecule has 32 heavy (non-hydrogen) atoms. The lowest BCUT2D eigenvalue weighted by atomic mass is 9.86. The van der Waals surface area contributed by atoms with E-state index < -0.39 is 11.5 Å². The fourth-order valence-corrected chi connectivity index (χ4v) is 5.30. The van der Waals surface area contributed by atoms with Crippen LogP contribution in [0, 0.1) is 0 Å². The van der Waals surface area contributed by atoms with Gasteiger partial charge in [-0.3, -0.25) is 9.69 Å².